The molecule has 1 heterocycles. The summed E-state index contributed by atoms with van der Waals surface area (Å²) in [4.78, 5) is 25.0. The van der Waals surface area contributed by atoms with Gasteiger partial charge in [0.2, 0.25) is 0 Å². The third kappa shape index (κ3) is 3.41. The first-order valence-electron chi connectivity index (χ1n) is 5.61. The topological polar surface area (TPSA) is 95.3 Å². The van der Waals surface area contributed by atoms with Gasteiger partial charge in [-0.3, -0.25) is 14.3 Å². The van der Waals surface area contributed by atoms with Crippen LogP contribution < -0.4 is 11.2 Å². The molecule has 1 rings (SSSR count). The van der Waals surface area contributed by atoms with Crippen LogP contribution in [0.15, 0.2) is 27.9 Å². The van der Waals surface area contributed by atoms with Gasteiger partial charge in [-0.15, -0.1) is 0 Å². The number of aliphatic hydroxyl groups is 2. The van der Waals surface area contributed by atoms with Gasteiger partial charge < -0.3 is 10.2 Å². The number of aliphatic hydroxyl groups excluding tert-OH is 1. The van der Waals surface area contributed by atoms with Crippen LogP contribution in [0.3, 0.4) is 0 Å². The minimum Gasteiger partial charge on any atom is -0.393 e. The maximum atomic E-state index is 11.6. The lowest BCUT2D eigenvalue weighted by Gasteiger charge is -2.17. The van der Waals surface area contributed by atoms with E-state index in [9.17, 15) is 14.7 Å². The van der Waals surface area contributed by atoms with Crippen molar-refractivity contribution >= 4 is 0 Å². The minimum atomic E-state index is -1.32. The molecule has 0 saturated heterocycles. The van der Waals surface area contributed by atoms with Gasteiger partial charge in [0.05, 0.1) is 12.6 Å². The SMILES string of the molecule is Cc1cn([C@H](C)/C=C\[C@](C)(O)CO)c(=O)[nH]c1=O. The second-order valence-corrected chi connectivity index (χ2v) is 4.59. The van der Waals surface area contributed by atoms with E-state index >= 15 is 0 Å². The lowest BCUT2D eigenvalue weighted by molar-refractivity contribution is 0.0431. The largest absolute Gasteiger partial charge is 0.393 e. The predicted octanol–water partition coefficient (Wildman–Crippen LogP) is -0.294. The Kier molecular flexibility index (Phi) is 4.26. The van der Waals surface area contributed by atoms with E-state index in [1.54, 1.807) is 19.9 Å². The van der Waals surface area contributed by atoms with Crippen LogP contribution in [-0.4, -0.2) is 32.0 Å². The number of nitrogens with zero attached hydrogens (tertiary/aromatic N) is 1. The summed E-state index contributed by atoms with van der Waals surface area (Å²) in [7, 11) is 0. The van der Waals surface area contributed by atoms with Gasteiger partial charge in [-0.05, 0) is 20.8 Å². The molecule has 18 heavy (non-hydrogen) atoms. The van der Waals surface area contributed by atoms with Crippen LogP contribution in [0.2, 0.25) is 0 Å². The number of rotatable bonds is 4. The average molecular weight is 254 g/mol. The number of H-pyrrole nitrogens is 1. The molecule has 0 amide bonds. The van der Waals surface area contributed by atoms with Crippen molar-refractivity contribution in [2.75, 3.05) is 6.61 Å². The van der Waals surface area contributed by atoms with Crippen molar-refractivity contribution in [3.63, 3.8) is 0 Å². The molecule has 0 spiro atoms. The molecular weight excluding hydrogens is 236 g/mol. The molecule has 0 aliphatic carbocycles. The molecule has 1 aromatic heterocycles. The Morgan fingerprint density at radius 1 is 1.56 bits per heavy atom. The van der Waals surface area contributed by atoms with Crippen LogP contribution in [0.25, 0.3) is 0 Å². The highest BCUT2D eigenvalue weighted by Gasteiger charge is 2.15. The van der Waals surface area contributed by atoms with E-state index in [2.05, 4.69) is 4.98 Å². The normalized spacial score (nSPS) is 16.7. The molecular formula is C12H18N2O4. The van der Waals surface area contributed by atoms with E-state index in [0.29, 0.717) is 5.56 Å². The molecule has 0 saturated carbocycles. The maximum absolute atomic E-state index is 11.6. The van der Waals surface area contributed by atoms with Crippen molar-refractivity contribution in [3.8, 4) is 0 Å². The molecule has 0 radical (unpaired) electrons. The van der Waals surface area contributed by atoms with Gasteiger partial charge in [-0.25, -0.2) is 4.79 Å². The van der Waals surface area contributed by atoms with Gasteiger partial charge in [0, 0.05) is 11.8 Å². The van der Waals surface area contributed by atoms with E-state index < -0.39 is 23.5 Å². The first-order chi connectivity index (χ1) is 8.26. The summed E-state index contributed by atoms with van der Waals surface area (Å²) < 4.78 is 1.35. The van der Waals surface area contributed by atoms with Gasteiger partial charge in [0.25, 0.3) is 5.56 Å². The quantitative estimate of drug-likeness (QED) is 0.643. The highest BCUT2D eigenvalue weighted by Crippen LogP contribution is 2.09. The summed E-state index contributed by atoms with van der Waals surface area (Å²) in [5.74, 6) is 0. The van der Waals surface area contributed by atoms with Gasteiger partial charge in [-0.1, -0.05) is 12.2 Å². The Balaban J connectivity index is 3.06. The Morgan fingerprint density at radius 2 is 2.17 bits per heavy atom. The van der Waals surface area contributed by atoms with Crippen molar-refractivity contribution in [2.45, 2.75) is 32.4 Å². The zero-order chi connectivity index (χ0) is 13.9. The van der Waals surface area contributed by atoms with Crippen molar-refractivity contribution in [1.82, 2.24) is 9.55 Å². The smallest absolute Gasteiger partial charge is 0.328 e. The standard InChI is InChI=1S/C12H18N2O4/c1-8-6-14(11(17)13-10(8)16)9(2)4-5-12(3,18)7-15/h4-6,9,15,18H,7H2,1-3H3,(H,13,16,17)/b5-4-/t9-,12+/m1/s1. The number of aromatic amines is 1. The van der Waals surface area contributed by atoms with Gasteiger partial charge >= 0.3 is 5.69 Å². The average Bonchev–Trinajstić information content (AvgIpc) is 2.31. The van der Waals surface area contributed by atoms with Crippen molar-refractivity contribution in [1.29, 1.82) is 0 Å². The van der Waals surface area contributed by atoms with Crippen LogP contribution in [-0.2, 0) is 0 Å². The van der Waals surface area contributed by atoms with E-state index in [1.807, 2.05) is 0 Å². The third-order valence-corrected chi connectivity index (χ3v) is 2.64. The summed E-state index contributed by atoms with van der Waals surface area (Å²) in [5, 5.41) is 18.5. The molecule has 100 valence electrons. The number of allylic oxidation sites excluding steroid dienone is 1. The molecule has 0 aromatic carbocycles. The third-order valence-electron chi connectivity index (χ3n) is 2.64. The Hall–Kier alpha value is -1.66. The van der Waals surface area contributed by atoms with Crippen molar-refractivity contribution in [2.24, 2.45) is 0 Å². The summed E-state index contributed by atoms with van der Waals surface area (Å²) in [6.07, 6.45) is 4.48. The first-order valence-corrected chi connectivity index (χ1v) is 5.61. The summed E-state index contributed by atoms with van der Waals surface area (Å²) in [6.45, 7) is 4.39. The molecule has 6 nitrogen and oxygen atoms in total. The Labute approximate surface area is 104 Å². The van der Waals surface area contributed by atoms with Crippen molar-refractivity contribution in [3.05, 3.63) is 44.8 Å². The molecule has 2 atom stereocenters. The molecule has 0 fully saturated rings. The number of hydrogen-bond acceptors (Lipinski definition) is 4. The highest BCUT2D eigenvalue weighted by molar-refractivity contribution is 5.06. The fraction of sp³-hybridized carbons (Fsp3) is 0.500. The van der Waals surface area contributed by atoms with Crippen LogP contribution in [0.4, 0.5) is 0 Å². The summed E-state index contributed by atoms with van der Waals surface area (Å²) >= 11 is 0. The Bertz CT molecular complexity index is 554. The minimum absolute atomic E-state index is 0.342. The fourth-order valence-corrected chi connectivity index (χ4v) is 1.38. The number of nitrogens with one attached hydrogen (secondary N) is 1. The molecule has 3 N–H and O–H groups in total. The first kappa shape index (κ1) is 14.4. The zero-order valence-corrected chi connectivity index (χ0v) is 10.7. The van der Waals surface area contributed by atoms with Crippen LogP contribution >= 0.6 is 0 Å². The molecule has 6 heteroatoms. The van der Waals surface area contributed by atoms with E-state index in [4.69, 9.17) is 5.11 Å². The van der Waals surface area contributed by atoms with Crippen LogP contribution in [0.1, 0.15) is 25.5 Å². The van der Waals surface area contributed by atoms with E-state index in [1.165, 1.54) is 23.8 Å². The van der Waals surface area contributed by atoms with Crippen molar-refractivity contribution < 1.29 is 10.2 Å². The fourth-order valence-electron chi connectivity index (χ4n) is 1.38. The van der Waals surface area contributed by atoms with Gasteiger partial charge in [0.1, 0.15) is 5.60 Å². The monoisotopic (exact) mass is 254 g/mol. The Morgan fingerprint density at radius 3 is 2.72 bits per heavy atom. The maximum Gasteiger partial charge on any atom is 0.328 e. The van der Waals surface area contributed by atoms with Gasteiger partial charge in [-0.2, -0.15) is 0 Å². The zero-order valence-electron chi connectivity index (χ0n) is 10.7. The lowest BCUT2D eigenvalue weighted by atomic mass is 10.1. The lowest BCUT2D eigenvalue weighted by Crippen LogP contribution is -2.32. The number of hydrogen-bond donors (Lipinski definition) is 3. The molecule has 0 bridgehead atoms. The predicted molar refractivity (Wildman–Crippen MR) is 67.6 cm³/mol. The summed E-state index contributed by atoms with van der Waals surface area (Å²) in [6, 6.07) is -0.342. The highest BCUT2D eigenvalue weighted by atomic mass is 16.3. The second-order valence-electron chi connectivity index (χ2n) is 4.59. The van der Waals surface area contributed by atoms with Crippen LogP contribution in [0, 0.1) is 6.92 Å². The van der Waals surface area contributed by atoms with E-state index in [0.717, 1.165) is 0 Å². The van der Waals surface area contributed by atoms with E-state index in [-0.39, 0.29) is 6.04 Å². The number of aryl methyl sites for hydroxylation is 1. The molecule has 0 aliphatic heterocycles. The molecule has 1 aromatic rings. The van der Waals surface area contributed by atoms with Gasteiger partial charge in [0.15, 0.2) is 0 Å². The van der Waals surface area contributed by atoms with Crippen LogP contribution in [0.5, 0.6) is 0 Å². The second kappa shape index (κ2) is 5.32. The number of aromatic nitrogens is 2. The molecule has 0 aliphatic rings. The molecule has 0 unspecified atom stereocenters. The summed E-state index contributed by atoms with van der Waals surface area (Å²) in [5.41, 5.74) is -1.81.